The van der Waals surface area contributed by atoms with E-state index < -0.39 is 23.7 Å². The lowest BCUT2D eigenvalue weighted by Crippen LogP contribution is -2.35. The number of alkyl halides is 3. The molecule has 0 aliphatic heterocycles. The lowest BCUT2D eigenvalue weighted by Gasteiger charge is -2.20. The Morgan fingerprint density at radius 1 is 1.40 bits per heavy atom. The van der Waals surface area contributed by atoms with Crippen LogP contribution < -0.4 is 16.0 Å². The summed E-state index contributed by atoms with van der Waals surface area (Å²) in [5.41, 5.74) is 5.33. The second kappa shape index (κ2) is 6.13. The molecule has 0 heterocycles. The second-order valence-electron chi connectivity index (χ2n) is 4.63. The Labute approximate surface area is 115 Å². The molecule has 1 rings (SSSR count). The summed E-state index contributed by atoms with van der Waals surface area (Å²) in [7, 11) is 3.36. The van der Waals surface area contributed by atoms with Gasteiger partial charge in [0.1, 0.15) is 0 Å². The topological polar surface area (TPSA) is 58.4 Å². The van der Waals surface area contributed by atoms with Gasteiger partial charge in [0.25, 0.3) is 0 Å². The first-order valence-electron chi connectivity index (χ1n) is 6.11. The van der Waals surface area contributed by atoms with E-state index in [2.05, 4.69) is 5.32 Å². The summed E-state index contributed by atoms with van der Waals surface area (Å²) < 4.78 is 38.1. The standard InChI is InChI=1S/C13H18F3N3O/c1-4-9(17)12(20)18-10-7-8(13(14,15)16)5-6-11(10)19(2)3/h5-7,9H,4,17H2,1-3H3,(H,18,20)/t9-/m0/s1. The molecule has 3 N–H and O–H groups in total. The maximum Gasteiger partial charge on any atom is 0.416 e. The summed E-state index contributed by atoms with van der Waals surface area (Å²) >= 11 is 0. The number of rotatable bonds is 4. The number of nitrogens with one attached hydrogen (secondary N) is 1. The molecule has 1 aromatic rings. The molecule has 0 aromatic heterocycles. The summed E-state index contributed by atoms with van der Waals surface area (Å²) in [4.78, 5) is 13.4. The van der Waals surface area contributed by atoms with Gasteiger partial charge in [-0.3, -0.25) is 4.79 Å². The Morgan fingerprint density at radius 3 is 2.45 bits per heavy atom. The number of carbonyl (C=O) groups excluding carboxylic acids is 1. The monoisotopic (exact) mass is 289 g/mol. The Hall–Kier alpha value is -1.76. The number of hydrogen-bond acceptors (Lipinski definition) is 3. The normalized spacial score (nSPS) is 12.9. The third-order valence-electron chi connectivity index (χ3n) is 2.84. The lowest BCUT2D eigenvalue weighted by molar-refractivity contribution is -0.137. The van der Waals surface area contributed by atoms with Gasteiger partial charge in [0.05, 0.1) is 23.0 Å². The van der Waals surface area contributed by atoms with Crippen molar-refractivity contribution in [1.29, 1.82) is 0 Å². The van der Waals surface area contributed by atoms with Gasteiger partial charge in [0.15, 0.2) is 0 Å². The maximum atomic E-state index is 12.7. The zero-order valence-corrected chi connectivity index (χ0v) is 11.6. The third kappa shape index (κ3) is 3.86. The Bertz CT molecular complexity index is 486. The van der Waals surface area contributed by atoms with E-state index in [4.69, 9.17) is 5.73 Å². The van der Waals surface area contributed by atoms with Crippen LogP contribution in [0.15, 0.2) is 18.2 Å². The van der Waals surface area contributed by atoms with Crippen LogP contribution >= 0.6 is 0 Å². The highest BCUT2D eigenvalue weighted by atomic mass is 19.4. The highest BCUT2D eigenvalue weighted by Gasteiger charge is 2.31. The molecule has 7 heteroatoms. The van der Waals surface area contributed by atoms with Crippen LogP contribution in [0, 0.1) is 0 Å². The quantitative estimate of drug-likeness (QED) is 0.895. The number of anilines is 2. The second-order valence-corrected chi connectivity index (χ2v) is 4.63. The first kappa shape index (κ1) is 16.3. The van der Waals surface area contributed by atoms with Crippen LogP contribution in [-0.4, -0.2) is 26.0 Å². The molecular formula is C13H18F3N3O. The van der Waals surface area contributed by atoms with E-state index in [9.17, 15) is 18.0 Å². The number of benzene rings is 1. The van der Waals surface area contributed by atoms with Gasteiger partial charge >= 0.3 is 6.18 Å². The molecule has 1 atom stereocenters. The minimum absolute atomic E-state index is 0.0960. The smallest absolute Gasteiger partial charge is 0.376 e. The largest absolute Gasteiger partial charge is 0.416 e. The van der Waals surface area contributed by atoms with E-state index >= 15 is 0 Å². The Balaban J connectivity index is 3.16. The summed E-state index contributed by atoms with van der Waals surface area (Å²) in [5, 5.41) is 2.45. The zero-order valence-electron chi connectivity index (χ0n) is 11.6. The van der Waals surface area contributed by atoms with Crippen LogP contribution in [0.2, 0.25) is 0 Å². The predicted molar refractivity (Wildman–Crippen MR) is 72.7 cm³/mol. The Kier molecular flexibility index (Phi) is 4.99. The highest BCUT2D eigenvalue weighted by Crippen LogP contribution is 2.34. The van der Waals surface area contributed by atoms with Gasteiger partial charge in [0, 0.05) is 14.1 Å². The molecule has 0 aliphatic rings. The molecule has 1 amide bonds. The number of amides is 1. The molecule has 112 valence electrons. The van der Waals surface area contributed by atoms with Gasteiger partial charge in [0.2, 0.25) is 5.91 Å². The third-order valence-corrected chi connectivity index (χ3v) is 2.84. The lowest BCUT2D eigenvalue weighted by atomic mass is 10.1. The van der Waals surface area contributed by atoms with Gasteiger partial charge in [-0.25, -0.2) is 0 Å². The average molecular weight is 289 g/mol. The molecule has 20 heavy (non-hydrogen) atoms. The van der Waals surface area contributed by atoms with E-state index in [1.807, 2.05) is 0 Å². The van der Waals surface area contributed by atoms with Crippen molar-refractivity contribution in [2.24, 2.45) is 5.73 Å². The predicted octanol–water partition coefficient (Wildman–Crippen LogP) is 2.45. The molecule has 0 saturated carbocycles. The van der Waals surface area contributed by atoms with Crippen molar-refractivity contribution in [3.8, 4) is 0 Å². The first-order valence-corrected chi connectivity index (χ1v) is 6.11. The van der Waals surface area contributed by atoms with Crippen LogP contribution in [-0.2, 0) is 11.0 Å². The Morgan fingerprint density at radius 2 is 2.00 bits per heavy atom. The van der Waals surface area contributed by atoms with Crippen molar-refractivity contribution in [3.63, 3.8) is 0 Å². The summed E-state index contributed by atoms with van der Waals surface area (Å²) in [5.74, 6) is -0.505. The summed E-state index contributed by atoms with van der Waals surface area (Å²) in [6.07, 6.45) is -4.06. The van der Waals surface area contributed by atoms with Gasteiger partial charge in [-0.1, -0.05) is 6.92 Å². The summed E-state index contributed by atoms with van der Waals surface area (Å²) in [6, 6.07) is 2.45. The van der Waals surface area contributed by atoms with Crippen LogP contribution in [0.1, 0.15) is 18.9 Å². The van der Waals surface area contributed by atoms with Crippen LogP contribution in [0.25, 0.3) is 0 Å². The number of halogens is 3. The van der Waals surface area contributed by atoms with Crippen molar-refractivity contribution in [2.45, 2.75) is 25.6 Å². The van der Waals surface area contributed by atoms with E-state index in [0.29, 0.717) is 12.1 Å². The van der Waals surface area contributed by atoms with Crippen molar-refractivity contribution >= 4 is 17.3 Å². The molecule has 4 nitrogen and oxygen atoms in total. The molecule has 0 spiro atoms. The molecule has 0 saturated heterocycles. The van der Waals surface area contributed by atoms with Crippen LogP contribution in [0.4, 0.5) is 24.5 Å². The van der Waals surface area contributed by atoms with E-state index in [1.54, 1.807) is 25.9 Å². The molecule has 0 bridgehead atoms. The molecule has 0 fully saturated rings. The molecule has 0 unspecified atom stereocenters. The number of nitrogens with zero attached hydrogens (tertiary/aromatic N) is 1. The summed E-state index contributed by atoms with van der Waals surface area (Å²) in [6.45, 7) is 1.73. The fourth-order valence-corrected chi connectivity index (χ4v) is 1.61. The van der Waals surface area contributed by atoms with Crippen molar-refractivity contribution in [2.75, 3.05) is 24.3 Å². The van der Waals surface area contributed by atoms with Crippen molar-refractivity contribution < 1.29 is 18.0 Å². The molecule has 1 aromatic carbocycles. The van der Waals surface area contributed by atoms with E-state index in [1.165, 1.54) is 6.07 Å². The molecular weight excluding hydrogens is 271 g/mol. The fraction of sp³-hybridized carbons (Fsp3) is 0.462. The number of hydrogen-bond donors (Lipinski definition) is 2. The molecule has 0 aliphatic carbocycles. The van der Waals surface area contributed by atoms with E-state index in [-0.39, 0.29) is 5.69 Å². The van der Waals surface area contributed by atoms with Crippen molar-refractivity contribution in [3.05, 3.63) is 23.8 Å². The van der Waals surface area contributed by atoms with E-state index in [0.717, 1.165) is 12.1 Å². The van der Waals surface area contributed by atoms with Gasteiger partial charge in [-0.05, 0) is 24.6 Å². The van der Waals surface area contributed by atoms with Gasteiger partial charge in [-0.15, -0.1) is 0 Å². The zero-order chi connectivity index (χ0) is 15.5. The minimum atomic E-state index is -4.46. The van der Waals surface area contributed by atoms with Crippen molar-refractivity contribution in [1.82, 2.24) is 0 Å². The maximum absolute atomic E-state index is 12.7. The molecule has 0 radical (unpaired) electrons. The van der Waals surface area contributed by atoms with Gasteiger partial charge in [-0.2, -0.15) is 13.2 Å². The number of carbonyl (C=O) groups is 1. The average Bonchev–Trinajstić information content (AvgIpc) is 2.36. The SMILES string of the molecule is CC[C@H](N)C(=O)Nc1cc(C(F)(F)F)ccc1N(C)C. The van der Waals surface area contributed by atoms with Crippen LogP contribution in [0.3, 0.4) is 0 Å². The van der Waals surface area contributed by atoms with Gasteiger partial charge < -0.3 is 16.0 Å². The number of nitrogens with two attached hydrogens (primary N) is 1. The highest BCUT2D eigenvalue weighted by molar-refractivity contribution is 5.97. The minimum Gasteiger partial charge on any atom is -0.376 e. The van der Waals surface area contributed by atoms with Crippen LogP contribution in [0.5, 0.6) is 0 Å². The first-order chi connectivity index (χ1) is 9.16. The fourth-order valence-electron chi connectivity index (χ4n) is 1.61.